The van der Waals surface area contributed by atoms with Crippen LogP contribution in [0.5, 0.6) is 0 Å². The van der Waals surface area contributed by atoms with Gasteiger partial charge in [0.05, 0.1) is 16.7 Å². The van der Waals surface area contributed by atoms with Crippen molar-refractivity contribution < 1.29 is 14.4 Å². The molecule has 9 nitrogen and oxygen atoms in total. The van der Waals surface area contributed by atoms with E-state index in [-0.39, 0.29) is 17.7 Å². The summed E-state index contributed by atoms with van der Waals surface area (Å²) < 4.78 is 0. The first-order valence-electron chi connectivity index (χ1n) is 10.1. The maximum absolute atomic E-state index is 13.1. The van der Waals surface area contributed by atoms with E-state index in [1.54, 1.807) is 27.7 Å². The van der Waals surface area contributed by atoms with Gasteiger partial charge in [-0.2, -0.15) is 0 Å². The van der Waals surface area contributed by atoms with Gasteiger partial charge in [0.2, 0.25) is 17.7 Å². The molecule has 0 heterocycles. The SMILES string of the molecule is CC(C(=O)NCCCN)C(C)(C(=O)NCCCN)C(C)(C)C(=O)NCCCN. The summed E-state index contributed by atoms with van der Waals surface area (Å²) in [6.45, 7) is 9.31. The Kier molecular flexibility index (Phi) is 11.9. The molecule has 0 aliphatic carbocycles. The number of rotatable bonds is 14. The second-order valence-electron chi connectivity index (χ2n) is 7.78. The van der Waals surface area contributed by atoms with Crippen LogP contribution < -0.4 is 33.2 Å². The molecule has 9 N–H and O–H groups in total. The lowest BCUT2D eigenvalue weighted by Gasteiger charge is -2.45. The summed E-state index contributed by atoms with van der Waals surface area (Å²) >= 11 is 0. The zero-order chi connectivity index (χ0) is 21.8. The van der Waals surface area contributed by atoms with Gasteiger partial charge < -0.3 is 33.2 Å². The first-order valence-corrected chi connectivity index (χ1v) is 10.1. The highest BCUT2D eigenvalue weighted by Crippen LogP contribution is 2.45. The number of carbonyl (C=O) groups excluding carboxylic acids is 3. The molecule has 0 bridgehead atoms. The first kappa shape index (κ1) is 26.3. The molecule has 0 aromatic carbocycles. The van der Waals surface area contributed by atoms with E-state index in [4.69, 9.17) is 17.2 Å². The quantitative estimate of drug-likeness (QED) is 0.206. The molecular formula is C19H40N6O3. The minimum absolute atomic E-state index is 0.284. The summed E-state index contributed by atoms with van der Waals surface area (Å²) in [5.74, 6) is -1.66. The lowest BCUT2D eigenvalue weighted by atomic mass is 9.58. The number of hydrogen-bond acceptors (Lipinski definition) is 6. The average molecular weight is 401 g/mol. The Hall–Kier alpha value is -1.71. The molecule has 3 amide bonds. The fourth-order valence-electron chi connectivity index (χ4n) is 3.00. The molecule has 0 fully saturated rings. The summed E-state index contributed by atoms with van der Waals surface area (Å²) in [4.78, 5) is 38.8. The summed E-state index contributed by atoms with van der Waals surface area (Å²) in [6, 6.07) is 0. The summed E-state index contributed by atoms with van der Waals surface area (Å²) in [5.41, 5.74) is 14.0. The molecule has 0 aromatic heterocycles. The molecule has 0 aliphatic rings. The Morgan fingerprint density at radius 2 is 1.14 bits per heavy atom. The second-order valence-corrected chi connectivity index (χ2v) is 7.78. The van der Waals surface area contributed by atoms with Gasteiger partial charge in [0.15, 0.2) is 0 Å². The van der Waals surface area contributed by atoms with E-state index in [1.807, 2.05) is 0 Å². The highest BCUT2D eigenvalue weighted by molar-refractivity contribution is 5.97. The van der Waals surface area contributed by atoms with Gasteiger partial charge in [-0.1, -0.05) is 6.92 Å². The van der Waals surface area contributed by atoms with E-state index in [2.05, 4.69) is 16.0 Å². The van der Waals surface area contributed by atoms with E-state index < -0.39 is 16.7 Å². The predicted molar refractivity (Wildman–Crippen MR) is 111 cm³/mol. The molecule has 164 valence electrons. The summed E-state index contributed by atoms with van der Waals surface area (Å²) in [5, 5.41) is 8.47. The van der Waals surface area contributed by atoms with Crippen LogP contribution >= 0.6 is 0 Å². The average Bonchev–Trinajstić information content (AvgIpc) is 2.66. The normalized spacial score (nSPS) is 14.7. The third-order valence-electron chi connectivity index (χ3n) is 5.61. The van der Waals surface area contributed by atoms with Crippen LogP contribution in [0.15, 0.2) is 0 Å². The van der Waals surface area contributed by atoms with Gasteiger partial charge in [-0.15, -0.1) is 0 Å². The highest BCUT2D eigenvalue weighted by Gasteiger charge is 2.56. The smallest absolute Gasteiger partial charge is 0.227 e. The van der Waals surface area contributed by atoms with Crippen molar-refractivity contribution in [1.29, 1.82) is 0 Å². The van der Waals surface area contributed by atoms with Crippen LogP contribution in [0.3, 0.4) is 0 Å². The maximum Gasteiger partial charge on any atom is 0.227 e. The highest BCUT2D eigenvalue weighted by atomic mass is 16.2. The van der Waals surface area contributed by atoms with E-state index in [9.17, 15) is 14.4 Å². The van der Waals surface area contributed by atoms with Crippen LogP contribution in [0, 0.1) is 16.7 Å². The minimum atomic E-state index is -1.28. The fraction of sp³-hybridized carbons (Fsp3) is 0.842. The molecule has 9 heteroatoms. The van der Waals surface area contributed by atoms with E-state index in [0.29, 0.717) is 58.5 Å². The first-order chi connectivity index (χ1) is 13.1. The van der Waals surface area contributed by atoms with E-state index in [0.717, 1.165) is 0 Å². The minimum Gasteiger partial charge on any atom is -0.356 e. The van der Waals surface area contributed by atoms with Crippen LogP contribution in [0.1, 0.15) is 47.0 Å². The molecule has 2 unspecified atom stereocenters. The largest absolute Gasteiger partial charge is 0.356 e. The van der Waals surface area contributed by atoms with Crippen molar-refractivity contribution in [1.82, 2.24) is 16.0 Å². The van der Waals surface area contributed by atoms with Gasteiger partial charge in [-0.25, -0.2) is 0 Å². The molecule has 2 atom stereocenters. The topological polar surface area (TPSA) is 165 Å². The van der Waals surface area contributed by atoms with Gasteiger partial charge in [-0.05, 0) is 59.7 Å². The maximum atomic E-state index is 13.1. The molecule has 0 saturated heterocycles. The fourth-order valence-corrected chi connectivity index (χ4v) is 3.00. The Bertz CT molecular complexity index is 512. The van der Waals surface area contributed by atoms with E-state index >= 15 is 0 Å². The van der Waals surface area contributed by atoms with Crippen LogP contribution in [0.4, 0.5) is 0 Å². The molecule has 0 aliphatic heterocycles. The Morgan fingerprint density at radius 3 is 1.57 bits per heavy atom. The third kappa shape index (κ3) is 6.72. The third-order valence-corrected chi connectivity index (χ3v) is 5.61. The standard InChI is InChI=1S/C19H40N6O3/c1-14(15(26)23-11-5-8-20)19(4,17(28)25-13-7-10-22)18(2,3)16(27)24-12-6-9-21/h14H,5-13,20-22H2,1-4H3,(H,23,26)(H,24,27)(H,25,28). The lowest BCUT2D eigenvalue weighted by molar-refractivity contribution is -0.157. The molecule has 0 aromatic rings. The number of nitrogens with one attached hydrogen (secondary N) is 3. The van der Waals surface area contributed by atoms with Gasteiger partial charge in [0.25, 0.3) is 0 Å². The van der Waals surface area contributed by atoms with Gasteiger partial charge in [0.1, 0.15) is 0 Å². The molecule has 0 spiro atoms. The number of hydrogen-bond donors (Lipinski definition) is 6. The van der Waals surface area contributed by atoms with Crippen LogP contribution in [0.2, 0.25) is 0 Å². The number of amides is 3. The predicted octanol–water partition coefficient (Wildman–Crippen LogP) is -0.950. The molecule has 28 heavy (non-hydrogen) atoms. The van der Waals surface area contributed by atoms with Crippen molar-refractivity contribution in [3.8, 4) is 0 Å². The Labute approximate surface area is 168 Å². The number of carbonyl (C=O) groups is 3. The molecular weight excluding hydrogens is 360 g/mol. The van der Waals surface area contributed by atoms with Crippen molar-refractivity contribution in [3.05, 3.63) is 0 Å². The van der Waals surface area contributed by atoms with Crippen LogP contribution in [-0.2, 0) is 14.4 Å². The lowest BCUT2D eigenvalue weighted by Crippen LogP contribution is -2.60. The van der Waals surface area contributed by atoms with Crippen LogP contribution in [-0.4, -0.2) is 57.0 Å². The van der Waals surface area contributed by atoms with Gasteiger partial charge in [-0.3, -0.25) is 14.4 Å². The van der Waals surface area contributed by atoms with Crippen molar-refractivity contribution in [2.75, 3.05) is 39.3 Å². The zero-order valence-corrected chi connectivity index (χ0v) is 17.9. The molecule has 0 rings (SSSR count). The van der Waals surface area contributed by atoms with Crippen LogP contribution in [0.25, 0.3) is 0 Å². The molecule has 0 radical (unpaired) electrons. The number of nitrogens with two attached hydrogens (primary N) is 3. The molecule has 0 saturated carbocycles. The monoisotopic (exact) mass is 400 g/mol. The summed E-state index contributed by atoms with van der Waals surface area (Å²) in [7, 11) is 0. The van der Waals surface area contributed by atoms with Crippen molar-refractivity contribution in [2.45, 2.75) is 47.0 Å². The van der Waals surface area contributed by atoms with Crippen molar-refractivity contribution in [2.24, 2.45) is 33.9 Å². The van der Waals surface area contributed by atoms with Crippen molar-refractivity contribution in [3.63, 3.8) is 0 Å². The summed E-state index contributed by atoms with van der Waals surface area (Å²) in [6.07, 6.45) is 1.89. The Balaban J connectivity index is 5.65. The van der Waals surface area contributed by atoms with Gasteiger partial charge >= 0.3 is 0 Å². The second kappa shape index (κ2) is 12.7. The van der Waals surface area contributed by atoms with E-state index in [1.165, 1.54) is 0 Å². The van der Waals surface area contributed by atoms with Gasteiger partial charge in [0, 0.05) is 19.6 Å². The Morgan fingerprint density at radius 1 is 0.750 bits per heavy atom. The van der Waals surface area contributed by atoms with Crippen molar-refractivity contribution >= 4 is 17.7 Å². The zero-order valence-electron chi connectivity index (χ0n) is 17.9.